The molecule has 1 heteroatoms. The fourth-order valence-corrected chi connectivity index (χ4v) is 0.807. The van der Waals surface area contributed by atoms with Crippen molar-refractivity contribution in [1.82, 2.24) is 5.32 Å². The van der Waals surface area contributed by atoms with Crippen LogP contribution in [0.15, 0.2) is 36.5 Å². The molecule has 0 heterocycles. The molecule has 1 aromatic carbocycles. The van der Waals surface area contributed by atoms with Crippen molar-refractivity contribution in [2.45, 2.75) is 47.5 Å². The second-order valence-corrected chi connectivity index (χ2v) is 4.19. The summed E-state index contributed by atoms with van der Waals surface area (Å²) in [6, 6.07) is 8.45. The molecule has 1 N–H and O–H groups in total. The van der Waals surface area contributed by atoms with Gasteiger partial charge in [0.05, 0.1) is 0 Å². The second kappa shape index (κ2) is 12.8. The van der Waals surface area contributed by atoms with Crippen LogP contribution in [0.2, 0.25) is 0 Å². The third-order valence-corrected chi connectivity index (χ3v) is 2.10. The normalized spacial score (nSPS) is 8.12. The molecule has 0 saturated carbocycles. The largest absolute Gasteiger partial charge is 0.392 e. The van der Waals surface area contributed by atoms with Gasteiger partial charge in [-0.05, 0) is 26.5 Å². The van der Waals surface area contributed by atoms with Crippen molar-refractivity contribution >= 4 is 0 Å². The predicted octanol–water partition coefficient (Wildman–Crippen LogP) is 4.85. The van der Waals surface area contributed by atoms with Gasteiger partial charge in [-0.1, -0.05) is 68.7 Å². The molecule has 0 aliphatic carbocycles. The van der Waals surface area contributed by atoms with Crippen LogP contribution >= 0.6 is 0 Å². The van der Waals surface area contributed by atoms with Gasteiger partial charge in [0.25, 0.3) is 0 Å². The van der Waals surface area contributed by atoms with Crippen molar-refractivity contribution in [2.75, 3.05) is 7.05 Å². The lowest BCUT2D eigenvalue weighted by Crippen LogP contribution is -1.98. The van der Waals surface area contributed by atoms with Crippen molar-refractivity contribution in [1.29, 1.82) is 0 Å². The first-order chi connectivity index (χ1) is 7.97. The maximum Gasteiger partial charge on any atom is 0.00299 e. The molecule has 0 unspecified atom stereocenters. The number of benzene rings is 1. The van der Waals surface area contributed by atoms with Gasteiger partial charge in [-0.15, -0.1) is 0 Å². The molecular formula is C16H29N. The summed E-state index contributed by atoms with van der Waals surface area (Å²) in [5.74, 6) is 0. The van der Waals surface area contributed by atoms with Crippen LogP contribution in [0.5, 0.6) is 0 Å². The highest BCUT2D eigenvalue weighted by Gasteiger charge is 1.80. The van der Waals surface area contributed by atoms with Crippen LogP contribution in [-0.2, 0) is 0 Å². The lowest BCUT2D eigenvalue weighted by Gasteiger charge is -1.90. The summed E-state index contributed by atoms with van der Waals surface area (Å²) in [6.07, 6.45) is 2.64. The number of allylic oxidation sites excluding steroid dienone is 1. The highest BCUT2D eigenvalue weighted by molar-refractivity contribution is 5.20. The maximum absolute atomic E-state index is 3.56. The molecule has 0 aliphatic rings. The fourth-order valence-electron chi connectivity index (χ4n) is 0.807. The second-order valence-electron chi connectivity index (χ2n) is 4.19. The maximum atomic E-state index is 3.56. The molecule has 0 atom stereocenters. The molecule has 0 aliphatic heterocycles. The first kappa shape index (κ1) is 18.1. The van der Waals surface area contributed by atoms with Crippen LogP contribution in [0.1, 0.15) is 44.7 Å². The Morgan fingerprint density at radius 2 is 1.47 bits per heavy atom. The summed E-state index contributed by atoms with van der Waals surface area (Å²) in [5.41, 5.74) is 3.68. The summed E-state index contributed by atoms with van der Waals surface area (Å²) in [5, 5.41) is 2.83. The topological polar surface area (TPSA) is 12.0 Å². The number of hydrogen-bond donors (Lipinski definition) is 1. The van der Waals surface area contributed by atoms with Crippen LogP contribution < -0.4 is 5.32 Å². The van der Waals surface area contributed by atoms with Crippen molar-refractivity contribution < 1.29 is 0 Å². The van der Waals surface area contributed by atoms with Crippen LogP contribution in [0, 0.1) is 13.8 Å². The van der Waals surface area contributed by atoms with E-state index in [0.717, 1.165) is 5.70 Å². The first-order valence-electron chi connectivity index (χ1n) is 6.34. The molecule has 0 spiro atoms. The molecule has 0 fully saturated rings. The first-order valence-corrected chi connectivity index (χ1v) is 6.34. The Morgan fingerprint density at radius 1 is 1.12 bits per heavy atom. The Hall–Kier alpha value is -1.24. The van der Waals surface area contributed by atoms with Gasteiger partial charge in [-0.25, -0.2) is 0 Å². The minimum atomic E-state index is 1.00. The SMILES string of the molecule is C=C(C)NC.CCCC.Cc1cccc(C)c1. The van der Waals surface area contributed by atoms with E-state index in [1.54, 1.807) is 0 Å². The van der Waals surface area contributed by atoms with E-state index in [-0.39, 0.29) is 0 Å². The smallest absolute Gasteiger partial charge is 0.00299 e. The molecule has 0 amide bonds. The van der Waals surface area contributed by atoms with Crippen molar-refractivity contribution in [2.24, 2.45) is 0 Å². The van der Waals surface area contributed by atoms with Gasteiger partial charge in [0.2, 0.25) is 0 Å². The molecule has 17 heavy (non-hydrogen) atoms. The van der Waals surface area contributed by atoms with E-state index in [1.165, 1.54) is 24.0 Å². The van der Waals surface area contributed by atoms with Crippen LogP contribution in [0.3, 0.4) is 0 Å². The van der Waals surface area contributed by atoms with Crippen molar-refractivity contribution in [3.63, 3.8) is 0 Å². The predicted molar refractivity (Wildman–Crippen MR) is 80.4 cm³/mol. The molecule has 0 radical (unpaired) electrons. The highest BCUT2D eigenvalue weighted by Crippen LogP contribution is 2.00. The third-order valence-electron chi connectivity index (χ3n) is 2.10. The zero-order chi connectivity index (χ0) is 13.7. The lowest BCUT2D eigenvalue weighted by molar-refractivity contribution is 0.886. The summed E-state index contributed by atoms with van der Waals surface area (Å²) in [4.78, 5) is 0. The van der Waals surface area contributed by atoms with E-state index < -0.39 is 0 Å². The Balaban J connectivity index is 0. The third kappa shape index (κ3) is 17.4. The zero-order valence-electron chi connectivity index (χ0n) is 12.4. The monoisotopic (exact) mass is 235 g/mol. The molecule has 0 saturated heterocycles. The molecule has 1 rings (SSSR count). The van der Waals surface area contributed by atoms with E-state index >= 15 is 0 Å². The molecular weight excluding hydrogens is 206 g/mol. The highest BCUT2D eigenvalue weighted by atomic mass is 14.8. The number of aryl methyl sites for hydroxylation is 2. The van der Waals surface area contributed by atoms with Gasteiger partial charge in [0, 0.05) is 7.05 Å². The van der Waals surface area contributed by atoms with Gasteiger partial charge in [-0.2, -0.15) is 0 Å². The standard InChI is InChI=1S/C8H10.C4H9N.C4H10/c1-7-4-3-5-8(2)6-7;1-4(2)5-3;1-3-4-2/h3-6H,1-2H3;5H,1H2,2-3H3;3-4H2,1-2H3. The van der Waals surface area contributed by atoms with E-state index in [0.29, 0.717) is 0 Å². The quantitative estimate of drug-likeness (QED) is 0.772. The van der Waals surface area contributed by atoms with E-state index in [1.807, 2.05) is 14.0 Å². The lowest BCUT2D eigenvalue weighted by atomic mass is 10.2. The summed E-state index contributed by atoms with van der Waals surface area (Å²) in [6.45, 7) is 14.0. The fraction of sp³-hybridized carbons (Fsp3) is 0.500. The molecule has 98 valence electrons. The van der Waals surface area contributed by atoms with Gasteiger partial charge < -0.3 is 5.32 Å². The van der Waals surface area contributed by atoms with Gasteiger partial charge in [0.15, 0.2) is 0 Å². The van der Waals surface area contributed by atoms with Crippen LogP contribution in [-0.4, -0.2) is 7.05 Å². The summed E-state index contributed by atoms with van der Waals surface area (Å²) >= 11 is 0. The number of hydrogen-bond acceptors (Lipinski definition) is 1. The minimum Gasteiger partial charge on any atom is -0.392 e. The van der Waals surface area contributed by atoms with Crippen LogP contribution in [0.4, 0.5) is 0 Å². The molecule has 0 bridgehead atoms. The van der Waals surface area contributed by atoms with Gasteiger partial charge in [-0.3, -0.25) is 0 Å². The average Bonchev–Trinajstić information content (AvgIpc) is 2.30. The van der Waals surface area contributed by atoms with E-state index in [2.05, 4.69) is 63.9 Å². The molecule has 0 aromatic heterocycles. The summed E-state index contributed by atoms with van der Waals surface area (Å²) < 4.78 is 0. The Morgan fingerprint density at radius 3 is 1.59 bits per heavy atom. The van der Waals surface area contributed by atoms with Gasteiger partial charge in [0.1, 0.15) is 0 Å². The molecule has 1 nitrogen and oxygen atoms in total. The van der Waals surface area contributed by atoms with Crippen molar-refractivity contribution in [3.05, 3.63) is 47.7 Å². The number of rotatable bonds is 2. The average molecular weight is 235 g/mol. The Labute approximate surface area is 108 Å². The van der Waals surface area contributed by atoms with Crippen LogP contribution in [0.25, 0.3) is 0 Å². The van der Waals surface area contributed by atoms with E-state index in [4.69, 9.17) is 0 Å². The van der Waals surface area contributed by atoms with E-state index in [9.17, 15) is 0 Å². The van der Waals surface area contributed by atoms with Crippen molar-refractivity contribution in [3.8, 4) is 0 Å². The molecule has 1 aromatic rings. The number of nitrogens with one attached hydrogen (secondary N) is 1. The minimum absolute atomic E-state index is 1.00. The number of unbranched alkanes of at least 4 members (excludes halogenated alkanes) is 1. The zero-order valence-corrected chi connectivity index (χ0v) is 12.4. The Bertz CT molecular complexity index is 270. The van der Waals surface area contributed by atoms with Gasteiger partial charge >= 0.3 is 0 Å². The summed E-state index contributed by atoms with van der Waals surface area (Å²) in [7, 11) is 1.85. The Kier molecular flexibility index (Phi) is 13.7.